The van der Waals surface area contributed by atoms with Gasteiger partial charge < -0.3 is 10.6 Å². The number of hydrogen-bond acceptors (Lipinski definition) is 2. The second-order valence-corrected chi connectivity index (χ2v) is 6.23. The first-order chi connectivity index (χ1) is 10.2. The topological polar surface area (TPSA) is 41.1 Å². The van der Waals surface area contributed by atoms with E-state index < -0.39 is 0 Å². The van der Waals surface area contributed by atoms with Crippen LogP contribution < -0.4 is 10.6 Å². The number of benzene rings is 1. The SMILES string of the molecule is CNCCCNC(=O)C1(c2cccc(C)c2)CCCCC1.Cl. The highest BCUT2D eigenvalue weighted by molar-refractivity contribution is 5.88. The molecule has 2 N–H and O–H groups in total. The molecule has 0 saturated heterocycles. The molecule has 0 heterocycles. The molecule has 4 heteroatoms. The van der Waals surface area contributed by atoms with Crippen molar-refractivity contribution >= 4 is 18.3 Å². The second kappa shape index (κ2) is 9.16. The zero-order valence-electron chi connectivity index (χ0n) is 13.8. The van der Waals surface area contributed by atoms with Crippen LogP contribution in [0.5, 0.6) is 0 Å². The molecule has 0 radical (unpaired) electrons. The van der Waals surface area contributed by atoms with Gasteiger partial charge in [0.1, 0.15) is 0 Å². The molecule has 1 aromatic rings. The Morgan fingerprint density at radius 1 is 1.18 bits per heavy atom. The van der Waals surface area contributed by atoms with Gasteiger partial charge in [0.2, 0.25) is 5.91 Å². The predicted octanol–water partition coefficient (Wildman–Crippen LogP) is 3.34. The third-order valence-corrected chi connectivity index (χ3v) is 4.60. The third-order valence-electron chi connectivity index (χ3n) is 4.60. The van der Waals surface area contributed by atoms with Crippen LogP contribution in [0.4, 0.5) is 0 Å². The Hall–Kier alpha value is -1.06. The number of aryl methyl sites for hydroxylation is 1. The average Bonchev–Trinajstić information content (AvgIpc) is 2.52. The van der Waals surface area contributed by atoms with Gasteiger partial charge in [0, 0.05) is 6.54 Å². The molecule has 124 valence electrons. The molecular formula is C18H29ClN2O. The summed E-state index contributed by atoms with van der Waals surface area (Å²) >= 11 is 0. The Kier molecular flexibility index (Phi) is 7.91. The lowest BCUT2D eigenvalue weighted by Gasteiger charge is -2.36. The summed E-state index contributed by atoms with van der Waals surface area (Å²) in [4.78, 5) is 12.9. The summed E-state index contributed by atoms with van der Waals surface area (Å²) < 4.78 is 0. The fourth-order valence-electron chi connectivity index (χ4n) is 3.38. The number of halogens is 1. The van der Waals surface area contributed by atoms with Crippen molar-refractivity contribution < 1.29 is 4.79 Å². The number of amides is 1. The number of rotatable bonds is 6. The molecule has 22 heavy (non-hydrogen) atoms. The molecule has 1 fully saturated rings. The van der Waals surface area contributed by atoms with Gasteiger partial charge in [0.05, 0.1) is 5.41 Å². The van der Waals surface area contributed by atoms with E-state index in [4.69, 9.17) is 0 Å². The number of hydrogen-bond donors (Lipinski definition) is 2. The van der Waals surface area contributed by atoms with E-state index in [1.54, 1.807) is 0 Å². The maximum absolute atomic E-state index is 12.9. The Morgan fingerprint density at radius 3 is 2.55 bits per heavy atom. The highest BCUT2D eigenvalue weighted by Crippen LogP contribution is 2.40. The Labute approximate surface area is 140 Å². The van der Waals surface area contributed by atoms with E-state index in [1.165, 1.54) is 17.5 Å². The maximum atomic E-state index is 12.9. The zero-order valence-corrected chi connectivity index (χ0v) is 14.6. The molecule has 1 aliphatic carbocycles. The Bertz CT molecular complexity index is 470. The standard InChI is InChI=1S/C18H28N2O.ClH/c1-15-8-6-9-16(14-15)18(10-4-3-5-11-18)17(21)20-13-7-12-19-2;/h6,8-9,14,19H,3-5,7,10-13H2,1-2H3,(H,20,21);1H. The van der Waals surface area contributed by atoms with E-state index in [0.29, 0.717) is 0 Å². The van der Waals surface area contributed by atoms with Crippen molar-refractivity contribution in [3.63, 3.8) is 0 Å². The van der Waals surface area contributed by atoms with Gasteiger partial charge in [-0.25, -0.2) is 0 Å². The number of carbonyl (C=O) groups is 1. The van der Waals surface area contributed by atoms with Crippen molar-refractivity contribution in [2.24, 2.45) is 0 Å². The van der Waals surface area contributed by atoms with Crippen molar-refractivity contribution in [3.8, 4) is 0 Å². The van der Waals surface area contributed by atoms with Crippen LogP contribution in [0.3, 0.4) is 0 Å². The molecule has 0 unspecified atom stereocenters. The van der Waals surface area contributed by atoms with Crippen LogP contribution in [0, 0.1) is 6.92 Å². The van der Waals surface area contributed by atoms with Crippen LogP contribution in [-0.4, -0.2) is 26.0 Å². The highest BCUT2D eigenvalue weighted by atomic mass is 35.5. The fourth-order valence-corrected chi connectivity index (χ4v) is 3.38. The molecule has 2 rings (SSSR count). The van der Waals surface area contributed by atoms with Gasteiger partial charge in [-0.2, -0.15) is 0 Å². The average molecular weight is 325 g/mol. The lowest BCUT2D eigenvalue weighted by molar-refractivity contribution is -0.128. The van der Waals surface area contributed by atoms with Crippen LogP contribution in [0.15, 0.2) is 24.3 Å². The summed E-state index contributed by atoms with van der Waals surface area (Å²) in [6, 6.07) is 8.50. The summed E-state index contributed by atoms with van der Waals surface area (Å²) in [6.07, 6.45) is 6.49. The maximum Gasteiger partial charge on any atom is 0.230 e. The first-order valence-corrected chi connectivity index (χ1v) is 8.19. The van der Waals surface area contributed by atoms with Crippen LogP contribution in [0.25, 0.3) is 0 Å². The lowest BCUT2D eigenvalue weighted by Crippen LogP contribution is -2.46. The van der Waals surface area contributed by atoms with Crippen LogP contribution in [-0.2, 0) is 10.2 Å². The van der Waals surface area contributed by atoms with Gasteiger partial charge in [0.15, 0.2) is 0 Å². The van der Waals surface area contributed by atoms with Gasteiger partial charge in [-0.1, -0.05) is 49.1 Å². The highest BCUT2D eigenvalue weighted by Gasteiger charge is 2.40. The fraction of sp³-hybridized carbons (Fsp3) is 0.611. The summed E-state index contributed by atoms with van der Waals surface area (Å²) in [6.45, 7) is 3.80. The van der Waals surface area contributed by atoms with E-state index in [-0.39, 0.29) is 23.7 Å². The smallest absolute Gasteiger partial charge is 0.230 e. The normalized spacial score (nSPS) is 16.6. The minimum atomic E-state index is -0.302. The monoisotopic (exact) mass is 324 g/mol. The van der Waals surface area contributed by atoms with Gasteiger partial charge >= 0.3 is 0 Å². The first kappa shape index (κ1) is 19.0. The zero-order chi connectivity index (χ0) is 15.1. The van der Waals surface area contributed by atoms with Gasteiger partial charge in [-0.15, -0.1) is 12.4 Å². The molecule has 1 aliphatic rings. The van der Waals surface area contributed by atoms with Crippen molar-refractivity contribution in [2.75, 3.05) is 20.1 Å². The van der Waals surface area contributed by atoms with E-state index in [0.717, 1.165) is 45.2 Å². The molecule has 3 nitrogen and oxygen atoms in total. The number of nitrogens with one attached hydrogen (secondary N) is 2. The summed E-state index contributed by atoms with van der Waals surface area (Å²) in [7, 11) is 1.94. The molecule has 0 aliphatic heterocycles. The molecule has 1 saturated carbocycles. The minimum Gasteiger partial charge on any atom is -0.355 e. The summed E-state index contributed by atoms with van der Waals surface area (Å²) in [5.74, 6) is 0.226. The number of carbonyl (C=O) groups excluding carboxylic acids is 1. The van der Waals surface area contributed by atoms with Crippen molar-refractivity contribution in [1.29, 1.82) is 0 Å². The third kappa shape index (κ3) is 4.47. The van der Waals surface area contributed by atoms with E-state index in [9.17, 15) is 4.79 Å². The summed E-state index contributed by atoms with van der Waals surface area (Å²) in [5.41, 5.74) is 2.14. The van der Waals surface area contributed by atoms with Crippen molar-refractivity contribution in [2.45, 2.75) is 50.9 Å². The predicted molar refractivity (Wildman–Crippen MR) is 94.7 cm³/mol. The van der Waals surface area contributed by atoms with Crippen LogP contribution >= 0.6 is 12.4 Å². The molecule has 0 aromatic heterocycles. The molecule has 0 bridgehead atoms. The molecular weight excluding hydrogens is 296 g/mol. The van der Waals surface area contributed by atoms with E-state index >= 15 is 0 Å². The van der Waals surface area contributed by atoms with Crippen molar-refractivity contribution in [1.82, 2.24) is 10.6 Å². The van der Waals surface area contributed by atoms with Crippen molar-refractivity contribution in [3.05, 3.63) is 35.4 Å². The molecule has 0 atom stereocenters. The molecule has 1 amide bonds. The lowest BCUT2D eigenvalue weighted by atomic mass is 9.68. The minimum absolute atomic E-state index is 0. The molecule has 1 aromatic carbocycles. The van der Waals surface area contributed by atoms with Crippen LogP contribution in [0.2, 0.25) is 0 Å². The quantitative estimate of drug-likeness (QED) is 0.788. The summed E-state index contributed by atoms with van der Waals surface area (Å²) in [5, 5.41) is 6.29. The van der Waals surface area contributed by atoms with Crippen LogP contribution in [0.1, 0.15) is 49.7 Å². The Morgan fingerprint density at radius 2 is 1.91 bits per heavy atom. The second-order valence-electron chi connectivity index (χ2n) is 6.23. The van der Waals surface area contributed by atoms with E-state index in [2.05, 4.69) is 41.8 Å². The molecule has 0 spiro atoms. The Balaban J connectivity index is 0.00000242. The first-order valence-electron chi connectivity index (χ1n) is 8.19. The van der Waals surface area contributed by atoms with Gasteiger partial charge in [-0.3, -0.25) is 4.79 Å². The van der Waals surface area contributed by atoms with E-state index in [1.807, 2.05) is 7.05 Å². The van der Waals surface area contributed by atoms with Gasteiger partial charge in [0.25, 0.3) is 0 Å². The largest absolute Gasteiger partial charge is 0.355 e. The van der Waals surface area contributed by atoms with Gasteiger partial charge in [-0.05, 0) is 45.3 Å².